The van der Waals surface area contributed by atoms with Crippen LogP contribution in [0.5, 0.6) is 0 Å². The molecule has 4 aromatic carbocycles. The minimum Gasteiger partial charge on any atom is -0.482 e. The van der Waals surface area contributed by atoms with Crippen LogP contribution in [0.15, 0.2) is 96.1 Å². The fourth-order valence-electron chi connectivity index (χ4n) is 3.36. The first-order valence-corrected chi connectivity index (χ1v) is 10.8. The molecule has 0 bridgehead atoms. The van der Waals surface area contributed by atoms with Crippen LogP contribution in [0.2, 0.25) is 0 Å². The Morgan fingerprint density at radius 2 is 1.54 bits per heavy atom. The lowest BCUT2D eigenvalue weighted by molar-refractivity contribution is 0.258. The van der Waals surface area contributed by atoms with Crippen LogP contribution in [0, 0.1) is 0 Å². The first-order chi connectivity index (χ1) is 12.9. The molecule has 26 heavy (non-hydrogen) atoms. The quantitative estimate of drug-likeness (QED) is 0.212. The van der Waals surface area contributed by atoms with Crippen molar-refractivity contribution in [3.63, 3.8) is 0 Å². The molecule has 1 heterocycles. The highest BCUT2D eigenvalue weighted by atomic mass is 33.1. The molecule has 126 valence electrons. The Morgan fingerprint density at radius 3 is 2.38 bits per heavy atom. The van der Waals surface area contributed by atoms with Crippen molar-refractivity contribution in [2.75, 3.05) is 0 Å². The molecule has 1 nitrogen and oxygen atoms in total. The van der Waals surface area contributed by atoms with Gasteiger partial charge in [-0.25, -0.2) is 0 Å². The number of allylic oxidation sites excluding steroid dienone is 2. The summed E-state index contributed by atoms with van der Waals surface area (Å²) in [4.78, 5) is 1.28. The number of rotatable bonds is 3. The molecule has 0 aliphatic carbocycles. The zero-order valence-electron chi connectivity index (χ0n) is 14.0. The van der Waals surface area contributed by atoms with E-state index >= 15 is 0 Å². The van der Waals surface area contributed by atoms with Crippen LogP contribution in [-0.2, 0) is 4.74 Å². The average molecular weight is 373 g/mol. The molecule has 0 saturated carbocycles. The standard InChI is InChI=1S/C23H16OS2/c1-2-7-18-15-20-19(14-17(18)6-1)12-11-16-8-5-9-21(23(16)20)25-26-22-10-3-4-13-24-22/h1-15,22H. The van der Waals surface area contributed by atoms with Gasteiger partial charge in [0.05, 0.1) is 6.26 Å². The summed E-state index contributed by atoms with van der Waals surface area (Å²) >= 11 is 0. The molecule has 1 unspecified atom stereocenters. The Balaban J connectivity index is 1.65. The summed E-state index contributed by atoms with van der Waals surface area (Å²) in [5.74, 6) is 0. The van der Waals surface area contributed by atoms with Crippen molar-refractivity contribution in [3.8, 4) is 0 Å². The second-order valence-electron chi connectivity index (χ2n) is 6.24. The van der Waals surface area contributed by atoms with Crippen molar-refractivity contribution in [1.29, 1.82) is 0 Å². The van der Waals surface area contributed by atoms with E-state index in [1.165, 1.54) is 37.2 Å². The highest BCUT2D eigenvalue weighted by molar-refractivity contribution is 8.77. The van der Waals surface area contributed by atoms with Crippen LogP contribution >= 0.6 is 21.6 Å². The molecule has 1 atom stereocenters. The van der Waals surface area contributed by atoms with Crippen molar-refractivity contribution in [2.45, 2.75) is 10.3 Å². The van der Waals surface area contributed by atoms with E-state index in [-0.39, 0.29) is 5.44 Å². The molecule has 4 aromatic rings. The van der Waals surface area contributed by atoms with Crippen LogP contribution in [0.25, 0.3) is 32.3 Å². The second-order valence-corrected chi connectivity index (χ2v) is 8.58. The summed E-state index contributed by atoms with van der Waals surface area (Å²) in [5.41, 5.74) is 0.0519. The third kappa shape index (κ3) is 2.87. The van der Waals surface area contributed by atoms with Gasteiger partial charge in [-0.15, -0.1) is 0 Å². The Morgan fingerprint density at radius 1 is 0.731 bits per heavy atom. The van der Waals surface area contributed by atoms with E-state index in [4.69, 9.17) is 4.74 Å². The fraction of sp³-hybridized carbons (Fsp3) is 0.0435. The van der Waals surface area contributed by atoms with Gasteiger partial charge in [0, 0.05) is 10.3 Å². The van der Waals surface area contributed by atoms with Crippen LogP contribution in [0.1, 0.15) is 0 Å². The predicted octanol–water partition coefficient (Wildman–Crippen LogP) is 7.31. The lowest BCUT2D eigenvalue weighted by Crippen LogP contribution is -2.00. The van der Waals surface area contributed by atoms with Gasteiger partial charge in [0.1, 0.15) is 0 Å². The van der Waals surface area contributed by atoms with Gasteiger partial charge in [-0.2, -0.15) is 0 Å². The van der Waals surface area contributed by atoms with Gasteiger partial charge in [0.15, 0.2) is 5.44 Å². The second kappa shape index (κ2) is 6.75. The first kappa shape index (κ1) is 15.9. The van der Waals surface area contributed by atoms with E-state index in [1.54, 1.807) is 27.8 Å². The summed E-state index contributed by atoms with van der Waals surface area (Å²) in [7, 11) is 3.52. The zero-order valence-corrected chi connectivity index (χ0v) is 15.6. The molecule has 0 aromatic heterocycles. The van der Waals surface area contributed by atoms with E-state index in [0.29, 0.717) is 0 Å². The van der Waals surface area contributed by atoms with Gasteiger partial charge in [0.25, 0.3) is 0 Å². The Hall–Kier alpha value is -2.36. The predicted molar refractivity (Wildman–Crippen MR) is 116 cm³/mol. The Labute approximate surface area is 160 Å². The minimum absolute atomic E-state index is 0.0519. The number of ether oxygens (including phenoxy) is 1. The van der Waals surface area contributed by atoms with Gasteiger partial charge >= 0.3 is 0 Å². The summed E-state index contributed by atoms with van der Waals surface area (Å²) < 4.78 is 5.63. The largest absolute Gasteiger partial charge is 0.482 e. The average Bonchev–Trinajstić information content (AvgIpc) is 2.71. The third-order valence-electron chi connectivity index (χ3n) is 4.59. The molecule has 3 heteroatoms. The maximum Gasteiger partial charge on any atom is 0.172 e. The molecular formula is C23H16OS2. The summed E-state index contributed by atoms with van der Waals surface area (Å²) in [6, 6.07) is 24.2. The summed E-state index contributed by atoms with van der Waals surface area (Å²) in [5, 5.41) is 7.76. The Kier molecular flexibility index (Phi) is 4.12. The Bertz CT molecular complexity index is 1180. The maximum atomic E-state index is 5.63. The van der Waals surface area contributed by atoms with Gasteiger partial charge < -0.3 is 4.74 Å². The third-order valence-corrected chi connectivity index (χ3v) is 7.06. The molecule has 1 aliphatic rings. The molecule has 5 rings (SSSR count). The molecule has 0 N–H and O–H groups in total. The summed E-state index contributed by atoms with van der Waals surface area (Å²) in [6.45, 7) is 0. The van der Waals surface area contributed by atoms with E-state index < -0.39 is 0 Å². The van der Waals surface area contributed by atoms with Crippen LogP contribution in [0.3, 0.4) is 0 Å². The number of hydrogen-bond acceptors (Lipinski definition) is 3. The molecule has 0 spiro atoms. The molecule has 0 radical (unpaired) electrons. The van der Waals surface area contributed by atoms with E-state index in [1.807, 2.05) is 12.2 Å². The maximum absolute atomic E-state index is 5.63. The highest BCUT2D eigenvalue weighted by Crippen LogP contribution is 2.42. The number of benzene rings is 4. The van der Waals surface area contributed by atoms with Crippen molar-refractivity contribution in [2.24, 2.45) is 0 Å². The van der Waals surface area contributed by atoms with Crippen molar-refractivity contribution < 1.29 is 4.74 Å². The number of fused-ring (bicyclic) bond motifs is 4. The molecule has 1 aliphatic heterocycles. The monoisotopic (exact) mass is 372 g/mol. The normalized spacial score (nSPS) is 16.4. The lowest BCUT2D eigenvalue weighted by atomic mass is 9.98. The van der Waals surface area contributed by atoms with E-state index in [2.05, 4.69) is 72.8 Å². The van der Waals surface area contributed by atoms with E-state index in [9.17, 15) is 0 Å². The van der Waals surface area contributed by atoms with Gasteiger partial charge in [-0.1, -0.05) is 65.4 Å². The SMILES string of the molecule is C1=COC(SSc2cccc3ccc4cc5ccccc5cc4c23)C=C1. The van der Waals surface area contributed by atoms with Gasteiger partial charge in [-0.3, -0.25) is 0 Å². The first-order valence-electron chi connectivity index (χ1n) is 8.55. The zero-order chi connectivity index (χ0) is 17.3. The fourth-order valence-corrected chi connectivity index (χ4v) is 5.61. The lowest BCUT2D eigenvalue weighted by Gasteiger charge is -2.15. The van der Waals surface area contributed by atoms with E-state index in [0.717, 1.165) is 0 Å². The van der Waals surface area contributed by atoms with Crippen molar-refractivity contribution >= 4 is 53.9 Å². The molecule has 0 saturated heterocycles. The van der Waals surface area contributed by atoms with Gasteiger partial charge in [-0.05, 0) is 68.1 Å². The van der Waals surface area contributed by atoms with Crippen LogP contribution in [0.4, 0.5) is 0 Å². The minimum atomic E-state index is 0.0519. The van der Waals surface area contributed by atoms with Crippen LogP contribution in [-0.4, -0.2) is 5.44 Å². The summed E-state index contributed by atoms with van der Waals surface area (Å²) in [6.07, 6.45) is 7.78. The number of hydrogen-bond donors (Lipinski definition) is 0. The molecule has 0 amide bonds. The van der Waals surface area contributed by atoms with Crippen LogP contribution < -0.4 is 0 Å². The van der Waals surface area contributed by atoms with Crippen molar-refractivity contribution in [3.05, 3.63) is 91.2 Å². The smallest absolute Gasteiger partial charge is 0.172 e. The molecule has 0 fully saturated rings. The van der Waals surface area contributed by atoms with Gasteiger partial charge in [0.2, 0.25) is 0 Å². The molecular weight excluding hydrogens is 356 g/mol. The highest BCUT2D eigenvalue weighted by Gasteiger charge is 2.12. The van der Waals surface area contributed by atoms with Crippen molar-refractivity contribution in [1.82, 2.24) is 0 Å². The topological polar surface area (TPSA) is 9.23 Å².